The highest BCUT2D eigenvalue weighted by Crippen LogP contribution is 2.18. The first-order chi connectivity index (χ1) is 7.79. The molecule has 1 aromatic heterocycles. The molecule has 0 atom stereocenters. The molecule has 0 aliphatic heterocycles. The van der Waals surface area contributed by atoms with Gasteiger partial charge in [-0.3, -0.25) is 0 Å². The molecule has 1 heterocycles. The van der Waals surface area contributed by atoms with Gasteiger partial charge in [-0.2, -0.15) is 0 Å². The highest BCUT2D eigenvalue weighted by atomic mass is 16.4. The average Bonchev–Trinajstić information content (AvgIpc) is 2.76. The van der Waals surface area contributed by atoms with Crippen LogP contribution >= 0.6 is 0 Å². The summed E-state index contributed by atoms with van der Waals surface area (Å²) in [5.41, 5.74) is 2.19. The van der Waals surface area contributed by atoms with Gasteiger partial charge in [-0.1, -0.05) is 17.7 Å². The Hall–Kier alpha value is -1.68. The quantitative estimate of drug-likeness (QED) is 0.848. The first-order valence-corrected chi connectivity index (χ1v) is 5.33. The largest absolute Gasteiger partial charge is 0.421 e. The molecule has 2 rings (SSSR count). The molecule has 1 aromatic carbocycles. The number of nitrogens with zero attached hydrogens (tertiary/aromatic N) is 2. The Bertz CT molecular complexity index is 448. The van der Waals surface area contributed by atoms with Crippen molar-refractivity contribution in [2.45, 2.75) is 13.3 Å². The zero-order valence-corrected chi connectivity index (χ0v) is 9.53. The molecule has 0 unspecified atom stereocenters. The maximum absolute atomic E-state index is 5.55. The van der Waals surface area contributed by atoms with Crippen LogP contribution in [0.1, 0.15) is 11.5 Å². The van der Waals surface area contributed by atoms with Gasteiger partial charge in [-0.15, -0.1) is 10.2 Å². The summed E-state index contributed by atoms with van der Waals surface area (Å²) in [6.45, 7) is 2.89. The topological polar surface area (TPSA) is 51.0 Å². The maximum Gasteiger partial charge on any atom is 0.247 e. The third-order valence-corrected chi connectivity index (χ3v) is 2.35. The van der Waals surface area contributed by atoms with E-state index < -0.39 is 0 Å². The number of rotatable bonds is 4. The molecule has 0 bridgehead atoms. The van der Waals surface area contributed by atoms with Crippen LogP contribution in [0.15, 0.2) is 28.7 Å². The predicted octanol–water partition coefficient (Wildman–Crippen LogP) is 1.81. The molecule has 0 saturated carbocycles. The van der Waals surface area contributed by atoms with Gasteiger partial charge in [-0.05, 0) is 26.1 Å². The summed E-state index contributed by atoms with van der Waals surface area (Å²) in [4.78, 5) is 0. The Morgan fingerprint density at radius 2 is 1.94 bits per heavy atom. The average molecular weight is 217 g/mol. The number of likely N-dealkylation sites (N-methyl/N-ethyl adjacent to an activating group) is 1. The van der Waals surface area contributed by atoms with Gasteiger partial charge in [0.15, 0.2) is 0 Å². The summed E-state index contributed by atoms with van der Waals surface area (Å²) in [6.07, 6.45) is 0.759. The number of nitrogens with one attached hydrogen (secondary N) is 1. The Balaban J connectivity index is 2.15. The van der Waals surface area contributed by atoms with Crippen LogP contribution < -0.4 is 5.32 Å². The Labute approximate surface area is 94.7 Å². The van der Waals surface area contributed by atoms with Crippen molar-refractivity contribution in [3.05, 3.63) is 35.7 Å². The monoisotopic (exact) mass is 217 g/mol. The third-order valence-electron chi connectivity index (χ3n) is 2.35. The molecule has 1 N–H and O–H groups in total. The lowest BCUT2D eigenvalue weighted by atomic mass is 10.1. The first-order valence-electron chi connectivity index (χ1n) is 5.33. The van der Waals surface area contributed by atoms with Gasteiger partial charge in [0.25, 0.3) is 0 Å². The van der Waals surface area contributed by atoms with Crippen LogP contribution in [0.4, 0.5) is 0 Å². The SMILES string of the molecule is CNCCc1nnc(-c2ccc(C)cc2)o1. The van der Waals surface area contributed by atoms with E-state index in [4.69, 9.17) is 4.42 Å². The summed E-state index contributed by atoms with van der Waals surface area (Å²) in [6, 6.07) is 8.05. The summed E-state index contributed by atoms with van der Waals surface area (Å²) < 4.78 is 5.55. The van der Waals surface area contributed by atoms with E-state index in [1.165, 1.54) is 5.56 Å². The van der Waals surface area contributed by atoms with Crippen LogP contribution in [-0.2, 0) is 6.42 Å². The zero-order chi connectivity index (χ0) is 11.4. The highest BCUT2D eigenvalue weighted by Gasteiger charge is 2.07. The Morgan fingerprint density at radius 1 is 1.19 bits per heavy atom. The van der Waals surface area contributed by atoms with Crippen molar-refractivity contribution >= 4 is 0 Å². The van der Waals surface area contributed by atoms with Gasteiger partial charge in [0.1, 0.15) is 0 Å². The van der Waals surface area contributed by atoms with Crippen LogP contribution in [0.3, 0.4) is 0 Å². The molecule has 4 heteroatoms. The number of aryl methyl sites for hydroxylation is 1. The molecule has 0 amide bonds. The summed E-state index contributed by atoms with van der Waals surface area (Å²) in [7, 11) is 1.90. The second kappa shape index (κ2) is 4.90. The van der Waals surface area contributed by atoms with Gasteiger partial charge in [0.05, 0.1) is 0 Å². The number of hydrogen-bond donors (Lipinski definition) is 1. The number of aromatic nitrogens is 2. The Kier molecular flexibility index (Phi) is 3.31. The fourth-order valence-corrected chi connectivity index (χ4v) is 1.40. The minimum atomic E-state index is 0.589. The normalized spacial score (nSPS) is 10.6. The van der Waals surface area contributed by atoms with E-state index in [-0.39, 0.29) is 0 Å². The van der Waals surface area contributed by atoms with E-state index >= 15 is 0 Å². The molecule has 0 radical (unpaired) electrons. The van der Waals surface area contributed by atoms with Crippen molar-refractivity contribution < 1.29 is 4.42 Å². The molecule has 16 heavy (non-hydrogen) atoms. The fourth-order valence-electron chi connectivity index (χ4n) is 1.40. The fraction of sp³-hybridized carbons (Fsp3) is 0.333. The van der Waals surface area contributed by atoms with E-state index in [0.29, 0.717) is 11.8 Å². The second-order valence-corrected chi connectivity index (χ2v) is 3.72. The standard InChI is InChI=1S/C12H15N3O/c1-9-3-5-10(6-4-9)12-15-14-11(16-12)7-8-13-2/h3-6,13H,7-8H2,1-2H3. The highest BCUT2D eigenvalue weighted by molar-refractivity contribution is 5.52. The van der Waals surface area contributed by atoms with Gasteiger partial charge >= 0.3 is 0 Å². The third kappa shape index (κ3) is 2.46. The van der Waals surface area contributed by atoms with Crippen LogP contribution in [0, 0.1) is 6.92 Å². The lowest BCUT2D eigenvalue weighted by molar-refractivity contribution is 0.500. The smallest absolute Gasteiger partial charge is 0.247 e. The lowest BCUT2D eigenvalue weighted by Gasteiger charge is -1.95. The van der Waals surface area contributed by atoms with E-state index in [2.05, 4.69) is 22.4 Å². The van der Waals surface area contributed by atoms with E-state index in [9.17, 15) is 0 Å². The van der Waals surface area contributed by atoms with Crippen LogP contribution in [0.25, 0.3) is 11.5 Å². The molecule has 4 nitrogen and oxygen atoms in total. The van der Waals surface area contributed by atoms with E-state index in [1.54, 1.807) is 0 Å². The summed E-state index contributed by atoms with van der Waals surface area (Å²) in [5, 5.41) is 11.1. The second-order valence-electron chi connectivity index (χ2n) is 3.72. The number of benzene rings is 1. The van der Waals surface area contributed by atoms with Gasteiger partial charge in [0, 0.05) is 18.5 Å². The lowest BCUT2D eigenvalue weighted by Crippen LogP contribution is -2.10. The van der Waals surface area contributed by atoms with Crippen molar-refractivity contribution in [1.82, 2.24) is 15.5 Å². The van der Waals surface area contributed by atoms with Crippen molar-refractivity contribution in [2.24, 2.45) is 0 Å². The van der Waals surface area contributed by atoms with Gasteiger partial charge in [0.2, 0.25) is 11.8 Å². The zero-order valence-electron chi connectivity index (χ0n) is 9.53. The molecule has 0 saturated heterocycles. The Morgan fingerprint density at radius 3 is 2.62 bits per heavy atom. The van der Waals surface area contributed by atoms with Crippen molar-refractivity contribution in [3.8, 4) is 11.5 Å². The van der Waals surface area contributed by atoms with Gasteiger partial charge in [-0.25, -0.2) is 0 Å². The molecule has 2 aromatic rings. The first kappa shape index (κ1) is 10.8. The number of hydrogen-bond acceptors (Lipinski definition) is 4. The van der Waals surface area contributed by atoms with Gasteiger partial charge < -0.3 is 9.73 Å². The molecular weight excluding hydrogens is 202 g/mol. The van der Waals surface area contributed by atoms with Crippen LogP contribution in [0.2, 0.25) is 0 Å². The molecule has 0 spiro atoms. The summed E-state index contributed by atoms with van der Waals surface area (Å²) in [5.74, 6) is 1.26. The minimum absolute atomic E-state index is 0.589. The van der Waals surface area contributed by atoms with Crippen LogP contribution in [-0.4, -0.2) is 23.8 Å². The van der Waals surface area contributed by atoms with E-state index in [0.717, 1.165) is 18.5 Å². The van der Waals surface area contributed by atoms with E-state index in [1.807, 2.05) is 31.3 Å². The molecule has 0 aliphatic carbocycles. The molecule has 0 aliphatic rings. The summed E-state index contributed by atoms with van der Waals surface area (Å²) >= 11 is 0. The van der Waals surface area contributed by atoms with Crippen molar-refractivity contribution in [2.75, 3.05) is 13.6 Å². The van der Waals surface area contributed by atoms with Crippen molar-refractivity contribution in [3.63, 3.8) is 0 Å². The molecule has 0 fully saturated rings. The maximum atomic E-state index is 5.55. The van der Waals surface area contributed by atoms with Crippen LogP contribution in [0.5, 0.6) is 0 Å². The molecular formula is C12H15N3O. The predicted molar refractivity (Wildman–Crippen MR) is 62.1 cm³/mol. The minimum Gasteiger partial charge on any atom is -0.421 e. The van der Waals surface area contributed by atoms with Crippen molar-refractivity contribution in [1.29, 1.82) is 0 Å². The molecule has 84 valence electrons.